The van der Waals surface area contributed by atoms with Crippen molar-refractivity contribution in [1.82, 2.24) is 9.91 Å². The molecule has 0 radical (unpaired) electrons. The summed E-state index contributed by atoms with van der Waals surface area (Å²) in [5, 5.41) is 4.44. The van der Waals surface area contributed by atoms with Crippen LogP contribution in [-0.2, 0) is 0 Å². The Kier molecular flexibility index (Phi) is 6.06. The highest BCUT2D eigenvalue weighted by Crippen LogP contribution is 2.34. The van der Waals surface area contributed by atoms with Gasteiger partial charge in [0.25, 0.3) is 0 Å². The van der Waals surface area contributed by atoms with Gasteiger partial charge in [-0.1, -0.05) is 31.2 Å². The minimum atomic E-state index is -4.40. The van der Waals surface area contributed by atoms with Crippen LogP contribution >= 0.6 is 0 Å². The second-order valence-corrected chi connectivity index (χ2v) is 7.35. The standard InChI is InChI=1S/C20H28F3N3/c1-16(12-15-24(4)20(21,22)23)17-10-6-7-11-18(17)25(5)26-14-9-8-13-19(26,2)3/h6-7,10-12,15H,1,8-9,13-14H2,2-5H3/b15-12-. The molecule has 26 heavy (non-hydrogen) atoms. The summed E-state index contributed by atoms with van der Waals surface area (Å²) >= 11 is 0. The van der Waals surface area contributed by atoms with Crippen molar-refractivity contribution in [3.8, 4) is 0 Å². The number of halogens is 3. The molecule has 1 aliphatic heterocycles. The fraction of sp³-hybridized carbons (Fsp3) is 0.500. The van der Waals surface area contributed by atoms with E-state index in [2.05, 4.69) is 30.4 Å². The van der Waals surface area contributed by atoms with E-state index in [0.717, 1.165) is 43.9 Å². The van der Waals surface area contributed by atoms with Crippen molar-refractivity contribution in [2.75, 3.05) is 25.6 Å². The average molecular weight is 367 g/mol. The zero-order chi connectivity index (χ0) is 19.5. The lowest BCUT2D eigenvalue weighted by Crippen LogP contribution is -2.55. The Morgan fingerprint density at radius 1 is 1.19 bits per heavy atom. The van der Waals surface area contributed by atoms with E-state index in [0.29, 0.717) is 5.57 Å². The second-order valence-electron chi connectivity index (χ2n) is 7.35. The summed E-state index contributed by atoms with van der Waals surface area (Å²) in [5.74, 6) is 0. The summed E-state index contributed by atoms with van der Waals surface area (Å²) in [6, 6.07) is 7.68. The number of hydrogen-bond donors (Lipinski definition) is 0. The predicted octanol–water partition coefficient (Wildman–Crippen LogP) is 5.28. The normalized spacial score (nSPS) is 18.1. The molecule has 0 spiro atoms. The lowest BCUT2D eigenvalue weighted by Gasteiger charge is -2.48. The topological polar surface area (TPSA) is 9.72 Å². The molecule has 0 saturated carbocycles. The molecule has 1 aromatic rings. The molecule has 1 saturated heterocycles. The van der Waals surface area contributed by atoms with Gasteiger partial charge in [0.05, 0.1) is 5.69 Å². The molecule has 0 aliphatic carbocycles. The second kappa shape index (κ2) is 7.74. The van der Waals surface area contributed by atoms with Crippen molar-refractivity contribution in [3.05, 3.63) is 48.7 Å². The van der Waals surface area contributed by atoms with Crippen LogP contribution in [0.4, 0.5) is 18.9 Å². The zero-order valence-corrected chi connectivity index (χ0v) is 16.0. The first-order chi connectivity index (χ1) is 12.0. The number of rotatable bonds is 5. The predicted molar refractivity (Wildman–Crippen MR) is 101 cm³/mol. The van der Waals surface area contributed by atoms with Crippen LogP contribution < -0.4 is 5.01 Å². The average Bonchev–Trinajstić information content (AvgIpc) is 2.57. The van der Waals surface area contributed by atoms with E-state index in [1.54, 1.807) is 0 Å². The van der Waals surface area contributed by atoms with E-state index in [-0.39, 0.29) is 10.4 Å². The zero-order valence-electron chi connectivity index (χ0n) is 16.0. The maximum absolute atomic E-state index is 12.7. The molecule has 1 fully saturated rings. The Morgan fingerprint density at radius 3 is 2.46 bits per heavy atom. The van der Waals surface area contributed by atoms with Crippen LogP contribution in [0.1, 0.15) is 38.7 Å². The molecule has 0 unspecified atom stereocenters. The van der Waals surface area contributed by atoms with Crippen molar-refractivity contribution in [3.63, 3.8) is 0 Å². The van der Waals surface area contributed by atoms with Gasteiger partial charge in [0.1, 0.15) is 0 Å². The fourth-order valence-corrected chi connectivity index (χ4v) is 3.34. The summed E-state index contributed by atoms with van der Waals surface area (Å²) in [4.78, 5) is 0.220. The van der Waals surface area contributed by atoms with Crippen LogP contribution in [0.2, 0.25) is 0 Å². The van der Waals surface area contributed by atoms with E-state index in [1.807, 2.05) is 31.3 Å². The molecule has 1 aromatic carbocycles. The van der Waals surface area contributed by atoms with Crippen molar-refractivity contribution in [2.45, 2.75) is 44.9 Å². The SMILES string of the molecule is C=C(/C=C\N(C)C(F)(F)F)c1ccccc1N(C)N1CCCCC1(C)C. The molecule has 1 aliphatic rings. The largest absolute Gasteiger partial charge is 0.484 e. The first-order valence-corrected chi connectivity index (χ1v) is 8.81. The number of anilines is 1. The number of alkyl halides is 3. The smallest absolute Gasteiger partial charge is 0.308 e. The van der Waals surface area contributed by atoms with Crippen LogP contribution in [-0.4, -0.2) is 42.4 Å². The molecule has 0 N–H and O–H groups in total. The summed E-state index contributed by atoms with van der Waals surface area (Å²) in [5.41, 5.74) is 2.33. The van der Waals surface area contributed by atoms with Crippen LogP contribution in [0.3, 0.4) is 0 Å². The molecule has 6 heteroatoms. The van der Waals surface area contributed by atoms with Crippen molar-refractivity contribution in [2.24, 2.45) is 0 Å². The van der Waals surface area contributed by atoms with Gasteiger partial charge in [-0.25, -0.2) is 5.01 Å². The maximum Gasteiger partial charge on any atom is 0.484 e. The minimum absolute atomic E-state index is 0.0355. The van der Waals surface area contributed by atoms with E-state index in [1.165, 1.54) is 12.5 Å². The fourth-order valence-electron chi connectivity index (χ4n) is 3.34. The van der Waals surface area contributed by atoms with Gasteiger partial charge in [-0.05, 0) is 44.4 Å². The highest BCUT2D eigenvalue weighted by Gasteiger charge is 2.33. The third-order valence-corrected chi connectivity index (χ3v) is 4.97. The number of nitrogens with zero attached hydrogens (tertiary/aromatic N) is 3. The van der Waals surface area contributed by atoms with Gasteiger partial charge in [0.2, 0.25) is 0 Å². The molecule has 0 atom stereocenters. The third kappa shape index (κ3) is 4.61. The van der Waals surface area contributed by atoms with Crippen LogP contribution in [0.5, 0.6) is 0 Å². The Labute approximate surface area is 154 Å². The Morgan fingerprint density at radius 2 is 1.85 bits per heavy atom. The highest BCUT2D eigenvalue weighted by molar-refractivity contribution is 5.80. The number of para-hydroxylation sites is 1. The first-order valence-electron chi connectivity index (χ1n) is 8.81. The van der Waals surface area contributed by atoms with Gasteiger partial charge in [0.15, 0.2) is 0 Å². The van der Waals surface area contributed by atoms with Crippen LogP contribution in [0.15, 0.2) is 43.1 Å². The third-order valence-electron chi connectivity index (χ3n) is 4.97. The van der Waals surface area contributed by atoms with Crippen molar-refractivity contribution < 1.29 is 13.2 Å². The molecular formula is C20H28F3N3. The molecule has 3 nitrogen and oxygen atoms in total. The number of benzene rings is 1. The van der Waals surface area contributed by atoms with Gasteiger partial charge in [0, 0.05) is 37.9 Å². The molecule has 2 rings (SSSR count). The number of hydrazine groups is 1. The van der Waals surface area contributed by atoms with Crippen LogP contribution in [0, 0.1) is 0 Å². The Hall–Kier alpha value is -1.95. The van der Waals surface area contributed by atoms with E-state index in [9.17, 15) is 13.2 Å². The maximum atomic E-state index is 12.7. The summed E-state index contributed by atoms with van der Waals surface area (Å²) in [6.07, 6.45) is 1.46. The van der Waals surface area contributed by atoms with Crippen LogP contribution in [0.25, 0.3) is 5.57 Å². The van der Waals surface area contributed by atoms with Gasteiger partial charge >= 0.3 is 6.30 Å². The summed E-state index contributed by atoms with van der Waals surface area (Å²) in [6.45, 7) is 9.37. The lowest BCUT2D eigenvalue weighted by atomic mass is 9.92. The molecular weight excluding hydrogens is 339 g/mol. The molecule has 1 heterocycles. The van der Waals surface area contributed by atoms with E-state index >= 15 is 0 Å². The molecule has 144 valence electrons. The monoisotopic (exact) mass is 367 g/mol. The quantitative estimate of drug-likeness (QED) is 0.518. The van der Waals surface area contributed by atoms with Gasteiger partial charge in [-0.3, -0.25) is 4.90 Å². The van der Waals surface area contributed by atoms with Crippen molar-refractivity contribution in [1.29, 1.82) is 0 Å². The van der Waals surface area contributed by atoms with Gasteiger partial charge in [-0.15, -0.1) is 0 Å². The molecule has 0 aromatic heterocycles. The summed E-state index contributed by atoms with van der Waals surface area (Å²) in [7, 11) is 2.99. The van der Waals surface area contributed by atoms with E-state index < -0.39 is 6.30 Å². The number of hydrogen-bond acceptors (Lipinski definition) is 3. The van der Waals surface area contributed by atoms with Gasteiger partial charge < -0.3 is 5.01 Å². The summed E-state index contributed by atoms with van der Waals surface area (Å²) < 4.78 is 38.0. The van der Waals surface area contributed by atoms with E-state index in [4.69, 9.17) is 0 Å². The molecule has 0 amide bonds. The molecule has 0 bridgehead atoms. The van der Waals surface area contributed by atoms with Crippen molar-refractivity contribution >= 4 is 11.3 Å². The minimum Gasteiger partial charge on any atom is -0.308 e. The first kappa shape index (κ1) is 20.4. The number of piperidine rings is 1. The Balaban J connectivity index is 2.27. The lowest BCUT2D eigenvalue weighted by molar-refractivity contribution is -0.218. The van der Waals surface area contributed by atoms with Gasteiger partial charge in [-0.2, -0.15) is 13.2 Å². The highest BCUT2D eigenvalue weighted by atomic mass is 19.4. The Bertz CT molecular complexity index is 665. The number of allylic oxidation sites excluding steroid dienone is 2.